The fourth-order valence-electron chi connectivity index (χ4n) is 2.68. The Bertz CT molecular complexity index is 787. The van der Waals surface area contributed by atoms with E-state index in [9.17, 15) is 0 Å². The van der Waals surface area contributed by atoms with Crippen LogP contribution in [0, 0.1) is 20.8 Å². The van der Waals surface area contributed by atoms with Gasteiger partial charge in [0.05, 0.1) is 5.39 Å². The van der Waals surface area contributed by atoms with Gasteiger partial charge in [0.1, 0.15) is 17.8 Å². The molecule has 0 aliphatic carbocycles. The molecule has 0 aliphatic heterocycles. The van der Waals surface area contributed by atoms with Gasteiger partial charge in [-0.05, 0) is 31.9 Å². The summed E-state index contributed by atoms with van der Waals surface area (Å²) < 4.78 is 2.21. The summed E-state index contributed by atoms with van der Waals surface area (Å²) >= 11 is 0. The highest BCUT2D eigenvalue weighted by Gasteiger charge is 2.15. The van der Waals surface area contributed by atoms with Crippen molar-refractivity contribution < 1.29 is 0 Å². The summed E-state index contributed by atoms with van der Waals surface area (Å²) in [6.07, 6.45) is 1.53. The molecule has 4 heteroatoms. The first kappa shape index (κ1) is 12.7. The Morgan fingerprint density at radius 2 is 1.95 bits per heavy atom. The van der Waals surface area contributed by atoms with Gasteiger partial charge >= 0.3 is 0 Å². The quantitative estimate of drug-likeness (QED) is 0.775. The zero-order valence-electron chi connectivity index (χ0n) is 12.0. The molecule has 2 N–H and O–H groups in total. The van der Waals surface area contributed by atoms with E-state index in [1.54, 1.807) is 0 Å². The highest BCUT2D eigenvalue weighted by molar-refractivity contribution is 5.90. The van der Waals surface area contributed by atoms with Gasteiger partial charge in [-0.2, -0.15) is 0 Å². The molecule has 0 radical (unpaired) electrons. The van der Waals surface area contributed by atoms with Crippen LogP contribution in [0.15, 0.2) is 30.6 Å². The largest absolute Gasteiger partial charge is 0.383 e. The summed E-state index contributed by atoms with van der Waals surface area (Å²) in [5.41, 5.74) is 11.8. The molecule has 0 amide bonds. The molecule has 0 unspecified atom stereocenters. The normalized spacial score (nSPS) is 11.2. The Kier molecular flexibility index (Phi) is 2.93. The number of benzene rings is 1. The van der Waals surface area contributed by atoms with Crippen LogP contribution in [0.3, 0.4) is 0 Å². The molecule has 0 fully saturated rings. The maximum absolute atomic E-state index is 5.99. The Morgan fingerprint density at radius 3 is 2.70 bits per heavy atom. The zero-order valence-corrected chi connectivity index (χ0v) is 12.0. The lowest BCUT2D eigenvalue weighted by atomic mass is 10.1. The molecular weight excluding hydrogens is 248 g/mol. The second kappa shape index (κ2) is 4.63. The van der Waals surface area contributed by atoms with Crippen LogP contribution in [-0.2, 0) is 6.54 Å². The van der Waals surface area contributed by atoms with Gasteiger partial charge < -0.3 is 10.3 Å². The molecule has 102 valence electrons. The molecule has 0 spiro atoms. The average Bonchev–Trinajstić information content (AvgIpc) is 2.65. The summed E-state index contributed by atoms with van der Waals surface area (Å²) in [4.78, 5) is 8.51. The van der Waals surface area contributed by atoms with Crippen LogP contribution in [0.4, 0.5) is 5.82 Å². The molecule has 0 saturated heterocycles. The molecular formula is C16H18N4. The number of rotatable bonds is 2. The van der Waals surface area contributed by atoms with Crippen LogP contribution in [0.1, 0.15) is 22.4 Å². The Morgan fingerprint density at radius 1 is 1.15 bits per heavy atom. The van der Waals surface area contributed by atoms with Crippen molar-refractivity contribution in [2.45, 2.75) is 27.3 Å². The molecule has 3 aromatic rings. The molecule has 0 aliphatic rings. The van der Waals surface area contributed by atoms with Gasteiger partial charge in [0.25, 0.3) is 0 Å². The zero-order chi connectivity index (χ0) is 14.3. The predicted octanol–water partition coefficient (Wildman–Crippen LogP) is 2.99. The monoisotopic (exact) mass is 266 g/mol. The van der Waals surface area contributed by atoms with E-state index < -0.39 is 0 Å². The third-order valence-electron chi connectivity index (χ3n) is 3.86. The van der Waals surface area contributed by atoms with E-state index in [0.29, 0.717) is 5.82 Å². The molecule has 3 rings (SSSR count). The third kappa shape index (κ3) is 1.93. The number of hydrogen-bond donors (Lipinski definition) is 1. The number of nitrogens with two attached hydrogens (primary N) is 1. The number of hydrogen-bond acceptors (Lipinski definition) is 3. The molecule has 20 heavy (non-hydrogen) atoms. The second-order valence-electron chi connectivity index (χ2n) is 5.24. The van der Waals surface area contributed by atoms with Crippen LogP contribution < -0.4 is 5.73 Å². The van der Waals surface area contributed by atoms with E-state index in [4.69, 9.17) is 5.73 Å². The van der Waals surface area contributed by atoms with Gasteiger partial charge in [-0.1, -0.05) is 29.8 Å². The number of aryl methyl sites for hydroxylation is 2. The Labute approximate surface area is 118 Å². The van der Waals surface area contributed by atoms with Gasteiger partial charge in [-0.3, -0.25) is 0 Å². The van der Waals surface area contributed by atoms with Gasteiger partial charge in [0.15, 0.2) is 0 Å². The maximum atomic E-state index is 5.99. The Balaban J connectivity index is 2.17. The first-order chi connectivity index (χ1) is 9.58. The highest BCUT2D eigenvalue weighted by atomic mass is 15.1. The van der Waals surface area contributed by atoms with E-state index in [-0.39, 0.29) is 0 Å². The minimum absolute atomic E-state index is 0.554. The fraction of sp³-hybridized carbons (Fsp3) is 0.250. The number of nitrogens with zero attached hydrogens (tertiary/aromatic N) is 3. The number of anilines is 1. The number of nitrogen functional groups attached to an aromatic ring is 1. The number of aromatic nitrogens is 3. The van der Waals surface area contributed by atoms with E-state index in [1.807, 2.05) is 0 Å². The summed E-state index contributed by atoms with van der Waals surface area (Å²) in [6.45, 7) is 7.08. The molecule has 2 aromatic heterocycles. The molecule has 4 nitrogen and oxygen atoms in total. The predicted molar refractivity (Wildman–Crippen MR) is 81.7 cm³/mol. The van der Waals surface area contributed by atoms with Crippen molar-refractivity contribution in [3.63, 3.8) is 0 Å². The summed E-state index contributed by atoms with van der Waals surface area (Å²) in [5.74, 6) is 0.554. The first-order valence-corrected chi connectivity index (χ1v) is 6.69. The van der Waals surface area contributed by atoms with E-state index in [0.717, 1.165) is 23.1 Å². The molecule has 0 bridgehead atoms. The summed E-state index contributed by atoms with van der Waals surface area (Å²) in [6, 6.07) is 8.53. The van der Waals surface area contributed by atoms with Gasteiger partial charge in [-0.25, -0.2) is 9.97 Å². The van der Waals surface area contributed by atoms with Crippen molar-refractivity contribution in [2.24, 2.45) is 0 Å². The van der Waals surface area contributed by atoms with Crippen molar-refractivity contribution in [1.82, 2.24) is 14.5 Å². The SMILES string of the molecule is Cc1cccc(Cn2c(C)c(C)c3c(N)ncnc32)c1. The van der Waals surface area contributed by atoms with Crippen molar-refractivity contribution in [1.29, 1.82) is 0 Å². The molecule has 2 heterocycles. The van der Waals surface area contributed by atoms with Crippen molar-refractivity contribution in [3.8, 4) is 0 Å². The van der Waals surface area contributed by atoms with Crippen LogP contribution in [0.5, 0.6) is 0 Å². The minimum Gasteiger partial charge on any atom is -0.383 e. The standard InChI is InChI=1S/C16H18N4/c1-10-5-4-6-13(7-10)8-20-12(3)11(2)14-15(17)18-9-19-16(14)20/h4-7,9H,8H2,1-3H3,(H2,17,18,19). The lowest BCUT2D eigenvalue weighted by Gasteiger charge is -2.08. The summed E-state index contributed by atoms with van der Waals surface area (Å²) in [7, 11) is 0. The lowest BCUT2D eigenvalue weighted by molar-refractivity contribution is 0.789. The minimum atomic E-state index is 0.554. The van der Waals surface area contributed by atoms with Crippen LogP contribution in [-0.4, -0.2) is 14.5 Å². The highest BCUT2D eigenvalue weighted by Crippen LogP contribution is 2.27. The van der Waals surface area contributed by atoms with Gasteiger partial charge in [0.2, 0.25) is 0 Å². The van der Waals surface area contributed by atoms with E-state index in [2.05, 4.69) is 59.6 Å². The first-order valence-electron chi connectivity index (χ1n) is 6.69. The van der Waals surface area contributed by atoms with Gasteiger partial charge in [-0.15, -0.1) is 0 Å². The molecule has 0 saturated carbocycles. The summed E-state index contributed by atoms with van der Waals surface area (Å²) in [5, 5.41) is 0.970. The molecule has 1 aromatic carbocycles. The second-order valence-corrected chi connectivity index (χ2v) is 5.24. The van der Waals surface area contributed by atoms with E-state index >= 15 is 0 Å². The van der Waals surface area contributed by atoms with Crippen LogP contribution >= 0.6 is 0 Å². The third-order valence-corrected chi connectivity index (χ3v) is 3.86. The topological polar surface area (TPSA) is 56.7 Å². The van der Waals surface area contributed by atoms with Crippen LogP contribution in [0.25, 0.3) is 11.0 Å². The molecule has 0 atom stereocenters. The van der Waals surface area contributed by atoms with Crippen LogP contribution in [0.2, 0.25) is 0 Å². The van der Waals surface area contributed by atoms with E-state index in [1.165, 1.54) is 23.1 Å². The van der Waals surface area contributed by atoms with Crippen molar-refractivity contribution >= 4 is 16.9 Å². The maximum Gasteiger partial charge on any atom is 0.146 e. The number of fused-ring (bicyclic) bond motifs is 1. The van der Waals surface area contributed by atoms with Crippen molar-refractivity contribution in [2.75, 3.05) is 5.73 Å². The fourth-order valence-corrected chi connectivity index (χ4v) is 2.68. The van der Waals surface area contributed by atoms with Crippen molar-refractivity contribution in [3.05, 3.63) is 53.0 Å². The smallest absolute Gasteiger partial charge is 0.146 e. The van der Waals surface area contributed by atoms with Gasteiger partial charge in [0, 0.05) is 12.2 Å². The average molecular weight is 266 g/mol. The Hall–Kier alpha value is -2.36. The lowest BCUT2D eigenvalue weighted by Crippen LogP contribution is -2.03.